The second-order valence-corrected chi connectivity index (χ2v) is 7.51. The number of hydrogen-bond donors (Lipinski definition) is 2. The minimum absolute atomic E-state index is 0.0527. The molecule has 0 bridgehead atoms. The first-order valence-corrected chi connectivity index (χ1v) is 10.0. The van der Waals surface area contributed by atoms with Crippen LogP contribution in [0.2, 0.25) is 0 Å². The van der Waals surface area contributed by atoms with Crippen LogP contribution >= 0.6 is 0 Å². The number of phenolic OH excluding ortho intramolecular Hbond substituents is 2. The van der Waals surface area contributed by atoms with Crippen molar-refractivity contribution in [1.82, 2.24) is 0 Å². The molecule has 2 rings (SSSR count). The lowest BCUT2D eigenvalue weighted by molar-refractivity contribution is 0.104. The molecule has 158 valence electrons. The van der Waals surface area contributed by atoms with Crippen molar-refractivity contribution in [2.75, 3.05) is 7.11 Å². The number of ketones is 1. The zero-order valence-corrected chi connectivity index (χ0v) is 18.1. The molecule has 4 nitrogen and oxygen atoms in total. The van der Waals surface area contributed by atoms with E-state index in [0.717, 1.165) is 18.4 Å². The summed E-state index contributed by atoms with van der Waals surface area (Å²) < 4.78 is 5.39. The van der Waals surface area contributed by atoms with Crippen molar-refractivity contribution in [2.45, 2.75) is 40.0 Å². The van der Waals surface area contributed by atoms with Gasteiger partial charge in [0.05, 0.1) is 12.7 Å². The first kappa shape index (κ1) is 23.0. The van der Waals surface area contributed by atoms with Gasteiger partial charge in [0.25, 0.3) is 0 Å². The summed E-state index contributed by atoms with van der Waals surface area (Å²) in [5, 5.41) is 20.1. The highest BCUT2D eigenvalue weighted by Crippen LogP contribution is 2.33. The number of allylic oxidation sites excluding steroid dienone is 5. The van der Waals surface area contributed by atoms with Gasteiger partial charge in [-0.1, -0.05) is 41.5 Å². The van der Waals surface area contributed by atoms with Crippen LogP contribution in [0, 0.1) is 0 Å². The molecule has 0 atom stereocenters. The molecule has 0 saturated carbocycles. The molecular formula is C26H30O4. The van der Waals surface area contributed by atoms with Crippen LogP contribution in [0.5, 0.6) is 17.2 Å². The van der Waals surface area contributed by atoms with Crippen molar-refractivity contribution in [3.63, 3.8) is 0 Å². The predicted octanol–water partition coefficient (Wildman–Crippen LogP) is 6.24. The molecule has 0 aromatic heterocycles. The lowest BCUT2D eigenvalue weighted by Crippen LogP contribution is -2.00. The number of benzene rings is 2. The Hall–Kier alpha value is -3.27. The van der Waals surface area contributed by atoms with Gasteiger partial charge in [0.2, 0.25) is 0 Å². The smallest absolute Gasteiger partial charge is 0.189 e. The van der Waals surface area contributed by atoms with E-state index < -0.39 is 0 Å². The Morgan fingerprint density at radius 3 is 2.33 bits per heavy atom. The highest BCUT2D eigenvalue weighted by Gasteiger charge is 2.16. The second kappa shape index (κ2) is 11.1. The van der Waals surface area contributed by atoms with E-state index in [9.17, 15) is 15.0 Å². The Balaban J connectivity index is 2.21. The van der Waals surface area contributed by atoms with Crippen molar-refractivity contribution in [2.24, 2.45) is 0 Å². The Morgan fingerprint density at radius 2 is 1.70 bits per heavy atom. The molecule has 0 aliphatic carbocycles. The normalized spacial score (nSPS) is 11.5. The minimum Gasteiger partial charge on any atom is -0.508 e. The zero-order valence-electron chi connectivity index (χ0n) is 18.1. The predicted molar refractivity (Wildman–Crippen MR) is 122 cm³/mol. The minimum atomic E-state index is -0.297. The van der Waals surface area contributed by atoms with Gasteiger partial charge in [0, 0.05) is 5.56 Å². The molecule has 4 heteroatoms. The fourth-order valence-corrected chi connectivity index (χ4v) is 3.02. The average Bonchev–Trinajstić information content (AvgIpc) is 2.71. The molecule has 0 unspecified atom stereocenters. The van der Waals surface area contributed by atoms with Crippen molar-refractivity contribution in [3.05, 3.63) is 82.5 Å². The Kier molecular flexibility index (Phi) is 8.48. The van der Waals surface area contributed by atoms with E-state index in [0.29, 0.717) is 17.7 Å². The lowest BCUT2D eigenvalue weighted by atomic mass is 9.99. The summed E-state index contributed by atoms with van der Waals surface area (Å²) in [6, 6.07) is 9.82. The SMILES string of the molecule is COc1ccc(C(=O)/C=C/c2ccc(O)cc2)c(O)c1C/C=C(/C)CCC=C(C)C. The van der Waals surface area contributed by atoms with Gasteiger partial charge >= 0.3 is 0 Å². The van der Waals surface area contributed by atoms with Gasteiger partial charge in [-0.15, -0.1) is 0 Å². The van der Waals surface area contributed by atoms with Crippen LogP contribution in [0.15, 0.2) is 65.8 Å². The highest BCUT2D eigenvalue weighted by atomic mass is 16.5. The van der Waals surface area contributed by atoms with Crippen LogP contribution < -0.4 is 4.74 Å². The molecule has 0 radical (unpaired) electrons. The maximum Gasteiger partial charge on any atom is 0.189 e. The summed E-state index contributed by atoms with van der Waals surface area (Å²) in [4.78, 5) is 12.6. The Morgan fingerprint density at radius 1 is 1.00 bits per heavy atom. The van der Waals surface area contributed by atoms with E-state index in [4.69, 9.17) is 4.74 Å². The van der Waals surface area contributed by atoms with Crippen LogP contribution in [0.4, 0.5) is 0 Å². The lowest BCUT2D eigenvalue weighted by Gasteiger charge is -2.12. The summed E-state index contributed by atoms with van der Waals surface area (Å²) in [5.74, 6) is 0.372. The number of carbonyl (C=O) groups excluding carboxylic acids is 1. The molecule has 0 spiro atoms. The van der Waals surface area contributed by atoms with Crippen LogP contribution in [0.3, 0.4) is 0 Å². The standard InChI is InChI=1S/C26H30O4/c1-18(2)6-5-7-19(3)8-14-23-25(30-4)17-15-22(26(23)29)24(28)16-11-20-9-12-21(27)13-10-20/h6,8-13,15-17,27,29H,5,7,14H2,1-4H3/b16-11+,19-8-. The van der Waals surface area contributed by atoms with Crippen LogP contribution in [0.25, 0.3) is 6.08 Å². The molecular weight excluding hydrogens is 376 g/mol. The molecule has 30 heavy (non-hydrogen) atoms. The quantitative estimate of drug-likeness (QED) is 0.294. The van der Waals surface area contributed by atoms with Crippen LogP contribution in [-0.4, -0.2) is 23.1 Å². The first-order valence-electron chi connectivity index (χ1n) is 10.0. The van der Waals surface area contributed by atoms with Crippen molar-refractivity contribution < 1.29 is 19.7 Å². The fourth-order valence-electron chi connectivity index (χ4n) is 3.02. The maximum atomic E-state index is 12.6. The van der Waals surface area contributed by atoms with Crippen molar-refractivity contribution in [3.8, 4) is 17.2 Å². The second-order valence-electron chi connectivity index (χ2n) is 7.51. The van der Waals surface area contributed by atoms with E-state index in [-0.39, 0.29) is 22.8 Å². The molecule has 2 aromatic carbocycles. The van der Waals surface area contributed by atoms with Gasteiger partial charge < -0.3 is 14.9 Å². The van der Waals surface area contributed by atoms with E-state index in [2.05, 4.69) is 32.9 Å². The third kappa shape index (κ3) is 6.66. The number of carbonyl (C=O) groups is 1. The van der Waals surface area contributed by atoms with Gasteiger partial charge in [-0.3, -0.25) is 4.79 Å². The average molecular weight is 407 g/mol. The Bertz CT molecular complexity index is 959. The van der Waals surface area contributed by atoms with Gasteiger partial charge in [0.15, 0.2) is 5.78 Å². The summed E-state index contributed by atoms with van der Waals surface area (Å²) >= 11 is 0. The third-order valence-electron chi connectivity index (χ3n) is 4.79. The molecule has 0 heterocycles. The molecule has 0 fully saturated rings. The van der Waals surface area contributed by atoms with E-state index in [1.165, 1.54) is 17.2 Å². The van der Waals surface area contributed by atoms with Gasteiger partial charge in [-0.25, -0.2) is 0 Å². The monoisotopic (exact) mass is 406 g/mol. The molecule has 0 amide bonds. The number of phenols is 2. The van der Waals surface area contributed by atoms with E-state index in [1.807, 2.05) is 0 Å². The summed E-state index contributed by atoms with van der Waals surface area (Å²) in [7, 11) is 1.55. The first-order chi connectivity index (χ1) is 14.3. The molecule has 2 aromatic rings. The van der Waals surface area contributed by atoms with Gasteiger partial charge in [-0.2, -0.15) is 0 Å². The Labute approximate surface area is 178 Å². The van der Waals surface area contributed by atoms with Crippen LogP contribution in [0.1, 0.15) is 55.1 Å². The number of rotatable bonds is 9. The molecule has 0 saturated heterocycles. The third-order valence-corrected chi connectivity index (χ3v) is 4.79. The summed E-state index contributed by atoms with van der Waals surface area (Å²) in [5.41, 5.74) is 4.13. The fraction of sp³-hybridized carbons (Fsp3) is 0.269. The number of aromatic hydroxyl groups is 2. The number of ether oxygens (including phenoxy) is 1. The van der Waals surface area contributed by atoms with Gasteiger partial charge in [0.1, 0.15) is 17.2 Å². The molecule has 0 aliphatic heterocycles. The molecule has 0 aliphatic rings. The van der Waals surface area contributed by atoms with Crippen molar-refractivity contribution >= 4 is 11.9 Å². The number of methoxy groups -OCH3 is 1. The largest absolute Gasteiger partial charge is 0.508 e. The summed E-state index contributed by atoms with van der Waals surface area (Å²) in [6.07, 6.45) is 9.75. The zero-order chi connectivity index (χ0) is 22.1. The van der Waals surface area contributed by atoms with Crippen molar-refractivity contribution in [1.29, 1.82) is 0 Å². The van der Waals surface area contributed by atoms with Crippen LogP contribution in [-0.2, 0) is 6.42 Å². The van der Waals surface area contributed by atoms with E-state index >= 15 is 0 Å². The topological polar surface area (TPSA) is 66.8 Å². The number of hydrogen-bond acceptors (Lipinski definition) is 4. The summed E-state index contributed by atoms with van der Waals surface area (Å²) in [6.45, 7) is 6.24. The van der Waals surface area contributed by atoms with Gasteiger partial charge in [-0.05, 0) is 75.9 Å². The maximum absolute atomic E-state index is 12.6. The highest BCUT2D eigenvalue weighted by molar-refractivity contribution is 6.09. The molecule has 2 N–H and O–H groups in total. The van der Waals surface area contributed by atoms with E-state index in [1.54, 1.807) is 49.6 Å².